The number of hydrogen-bond donors (Lipinski definition) is 0. The first-order valence-electron chi connectivity index (χ1n) is 9.08. The Kier molecular flexibility index (Phi) is 7.90. The molecule has 1 amide bonds. The second kappa shape index (κ2) is 10.2. The number of methoxy groups -OCH3 is 1. The Hall–Kier alpha value is -2.98. The van der Waals surface area contributed by atoms with Gasteiger partial charge in [-0.1, -0.05) is 30.3 Å². The molecule has 0 radical (unpaired) electrons. The smallest absolute Gasteiger partial charge is 0.410 e. The van der Waals surface area contributed by atoms with Crippen molar-refractivity contribution in [1.82, 2.24) is 4.90 Å². The SMILES string of the molecule is COC[C@H](C)S(=O)(=O)c1ccc([N+](=O)[O-])cc1CN(C)C(=O)OCc1ccccc1. The van der Waals surface area contributed by atoms with Gasteiger partial charge in [-0.15, -0.1) is 0 Å². The van der Waals surface area contributed by atoms with Gasteiger partial charge in [0.1, 0.15) is 6.61 Å². The molecule has 9 nitrogen and oxygen atoms in total. The topological polar surface area (TPSA) is 116 Å². The lowest BCUT2D eigenvalue weighted by atomic mass is 10.2. The summed E-state index contributed by atoms with van der Waals surface area (Å²) in [6.07, 6.45) is -0.682. The van der Waals surface area contributed by atoms with Gasteiger partial charge >= 0.3 is 6.09 Å². The van der Waals surface area contributed by atoms with Crippen LogP contribution in [0.3, 0.4) is 0 Å². The number of rotatable bonds is 9. The summed E-state index contributed by atoms with van der Waals surface area (Å²) < 4.78 is 36.0. The quantitative estimate of drug-likeness (QED) is 0.438. The van der Waals surface area contributed by atoms with Crippen molar-refractivity contribution in [2.24, 2.45) is 0 Å². The largest absolute Gasteiger partial charge is 0.445 e. The fourth-order valence-electron chi connectivity index (χ4n) is 2.77. The molecule has 0 spiro atoms. The number of ether oxygens (including phenoxy) is 2. The number of nitro benzene ring substituents is 1. The van der Waals surface area contributed by atoms with Crippen molar-refractivity contribution in [2.45, 2.75) is 30.2 Å². The van der Waals surface area contributed by atoms with Crippen LogP contribution >= 0.6 is 0 Å². The highest BCUT2D eigenvalue weighted by atomic mass is 32.2. The predicted octanol–water partition coefficient (Wildman–Crippen LogP) is 3.17. The van der Waals surface area contributed by atoms with Gasteiger partial charge in [-0.25, -0.2) is 13.2 Å². The Bertz CT molecular complexity index is 993. The van der Waals surface area contributed by atoms with Crippen LogP contribution in [0.4, 0.5) is 10.5 Å². The average Bonchev–Trinajstić information content (AvgIpc) is 2.72. The maximum Gasteiger partial charge on any atom is 0.410 e. The third-order valence-corrected chi connectivity index (χ3v) is 6.62. The van der Waals surface area contributed by atoms with Crippen molar-refractivity contribution in [1.29, 1.82) is 0 Å². The zero-order chi connectivity index (χ0) is 22.3. The molecular formula is C20H24N2O7S. The molecule has 0 aliphatic carbocycles. The number of carbonyl (C=O) groups is 1. The van der Waals surface area contributed by atoms with Gasteiger partial charge in [-0.05, 0) is 24.1 Å². The zero-order valence-electron chi connectivity index (χ0n) is 17.0. The fraction of sp³-hybridized carbons (Fsp3) is 0.350. The summed E-state index contributed by atoms with van der Waals surface area (Å²) in [4.78, 5) is 24.0. The van der Waals surface area contributed by atoms with E-state index in [9.17, 15) is 23.3 Å². The maximum absolute atomic E-state index is 12.9. The number of benzene rings is 2. The van der Waals surface area contributed by atoms with Gasteiger partial charge in [0.15, 0.2) is 9.84 Å². The minimum Gasteiger partial charge on any atom is -0.445 e. The summed E-state index contributed by atoms with van der Waals surface area (Å²) in [6.45, 7) is 1.33. The Morgan fingerprint density at radius 3 is 2.47 bits per heavy atom. The van der Waals surface area contributed by atoms with Crippen LogP contribution in [0.1, 0.15) is 18.1 Å². The van der Waals surface area contributed by atoms with E-state index in [-0.39, 0.29) is 35.9 Å². The lowest BCUT2D eigenvalue weighted by Crippen LogP contribution is -2.29. The van der Waals surface area contributed by atoms with Crippen LogP contribution in [0.25, 0.3) is 0 Å². The Morgan fingerprint density at radius 2 is 1.87 bits per heavy atom. The van der Waals surface area contributed by atoms with E-state index in [1.807, 2.05) is 18.2 Å². The molecule has 30 heavy (non-hydrogen) atoms. The van der Waals surface area contributed by atoms with Gasteiger partial charge < -0.3 is 14.4 Å². The molecule has 0 saturated heterocycles. The Labute approximate surface area is 175 Å². The van der Waals surface area contributed by atoms with Crippen LogP contribution in [-0.4, -0.2) is 50.3 Å². The van der Waals surface area contributed by atoms with E-state index in [4.69, 9.17) is 9.47 Å². The second-order valence-electron chi connectivity index (χ2n) is 6.76. The van der Waals surface area contributed by atoms with E-state index >= 15 is 0 Å². The van der Waals surface area contributed by atoms with Crippen molar-refractivity contribution in [2.75, 3.05) is 20.8 Å². The highest BCUT2D eigenvalue weighted by Crippen LogP contribution is 2.26. The van der Waals surface area contributed by atoms with Crippen LogP contribution in [0.2, 0.25) is 0 Å². The summed E-state index contributed by atoms with van der Waals surface area (Å²) >= 11 is 0. The minimum absolute atomic E-state index is 0.0340. The summed E-state index contributed by atoms with van der Waals surface area (Å²) in [7, 11) is -1.01. The molecule has 0 aliphatic heterocycles. The van der Waals surface area contributed by atoms with E-state index in [1.54, 1.807) is 12.1 Å². The molecule has 0 bridgehead atoms. The van der Waals surface area contributed by atoms with E-state index in [1.165, 1.54) is 32.0 Å². The van der Waals surface area contributed by atoms with Crippen LogP contribution in [0.5, 0.6) is 0 Å². The number of carbonyl (C=O) groups excluding carboxylic acids is 1. The standard InChI is InChI=1S/C20H24N2O7S/c1-15(13-28-3)30(26,27)19-10-9-18(22(24)25)11-17(19)12-21(2)20(23)29-14-16-7-5-4-6-8-16/h4-11,15H,12-14H2,1-3H3/t15-/m0/s1. The van der Waals surface area contributed by atoms with E-state index in [0.29, 0.717) is 0 Å². The molecule has 10 heteroatoms. The third-order valence-electron chi connectivity index (χ3n) is 4.42. The van der Waals surface area contributed by atoms with Crippen LogP contribution in [0, 0.1) is 10.1 Å². The molecule has 0 fully saturated rings. The normalized spacial score (nSPS) is 12.2. The zero-order valence-corrected chi connectivity index (χ0v) is 17.8. The Morgan fingerprint density at radius 1 is 1.20 bits per heavy atom. The number of nitrogens with zero attached hydrogens (tertiary/aromatic N) is 2. The van der Waals surface area contributed by atoms with Gasteiger partial charge in [-0.3, -0.25) is 10.1 Å². The highest BCUT2D eigenvalue weighted by molar-refractivity contribution is 7.92. The van der Waals surface area contributed by atoms with Crippen molar-refractivity contribution in [3.8, 4) is 0 Å². The number of amides is 1. The molecule has 0 aromatic heterocycles. The lowest BCUT2D eigenvalue weighted by Gasteiger charge is -2.20. The van der Waals surface area contributed by atoms with Crippen LogP contribution < -0.4 is 0 Å². The summed E-state index contributed by atoms with van der Waals surface area (Å²) in [5, 5.41) is 10.3. The molecule has 2 aromatic carbocycles. The summed E-state index contributed by atoms with van der Waals surface area (Å²) in [5.74, 6) is 0. The molecule has 0 unspecified atom stereocenters. The molecule has 2 aromatic rings. The maximum atomic E-state index is 12.9. The van der Waals surface area contributed by atoms with Crippen LogP contribution in [0.15, 0.2) is 53.4 Å². The van der Waals surface area contributed by atoms with Crippen molar-refractivity contribution in [3.63, 3.8) is 0 Å². The van der Waals surface area contributed by atoms with Gasteiger partial charge in [0.25, 0.3) is 5.69 Å². The van der Waals surface area contributed by atoms with Gasteiger partial charge in [-0.2, -0.15) is 0 Å². The molecular weight excluding hydrogens is 412 g/mol. The van der Waals surface area contributed by atoms with E-state index in [2.05, 4.69) is 0 Å². The first kappa shape index (κ1) is 23.3. The molecule has 0 N–H and O–H groups in total. The molecule has 0 heterocycles. The number of nitro groups is 1. The molecule has 2 rings (SSSR count). The van der Waals surface area contributed by atoms with Gasteiger partial charge in [0.05, 0.1) is 28.2 Å². The first-order chi connectivity index (χ1) is 14.2. The molecule has 162 valence electrons. The van der Waals surface area contributed by atoms with Crippen molar-refractivity contribution in [3.05, 3.63) is 69.8 Å². The van der Waals surface area contributed by atoms with Crippen molar-refractivity contribution < 1.29 is 27.6 Å². The van der Waals surface area contributed by atoms with Gasteiger partial charge in [0, 0.05) is 26.3 Å². The lowest BCUT2D eigenvalue weighted by molar-refractivity contribution is -0.385. The second-order valence-corrected chi connectivity index (χ2v) is 9.09. The fourth-order valence-corrected chi connectivity index (χ4v) is 4.27. The summed E-state index contributed by atoms with van der Waals surface area (Å²) in [5.41, 5.74) is 0.659. The van der Waals surface area contributed by atoms with Gasteiger partial charge in [0.2, 0.25) is 0 Å². The van der Waals surface area contributed by atoms with E-state index in [0.717, 1.165) is 17.7 Å². The summed E-state index contributed by atoms with van der Waals surface area (Å²) in [6, 6.07) is 12.6. The molecule has 1 atom stereocenters. The number of sulfone groups is 1. The third kappa shape index (κ3) is 5.77. The highest BCUT2D eigenvalue weighted by Gasteiger charge is 2.28. The average molecular weight is 436 g/mol. The monoisotopic (exact) mass is 436 g/mol. The van der Waals surface area contributed by atoms with Crippen LogP contribution in [-0.2, 0) is 32.5 Å². The minimum atomic E-state index is -3.83. The van der Waals surface area contributed by atoms with Crippen molar-refractivity contribution >= 4 is 21.6 Å². The Balaban J connectivity index is 2.26. The molecule has 0 saturated carbocycles. The molecule has 0 aliphatic rings. The first-order valence-corrected chi connectivity index (χ1v) is 10.6. The predicted molar refractivity (Wildman–Crippen MR) is 110 cm³/mol. The van der Waals surface area contributed by atoms with E-state index < -0.39 is 26.1 Å². The number of hydrogen-bond acceptors (Lipinski definition) is 7. The number of non-ortho nitro benzene ring substituents is 1.